The van der Waals surface area contributed by atoms with Crippen LogP contribution >= 0.6 is 0 Å². The Morgan fingerprint density at radius 3 is 2.63 bits per heavy atom. The van der Waals surface area contributed by atoms with E-state index in [0.29, 0.717) is 42.1 Å². The molecule has 2 atom stereocenters. The topological polar surface area (TPSA) is 165 Å². The summed E-state index contributed by atoms with van der Waals surface area (Å²) in [7, 11) is 2.81. The van der Waals surface area contributed by atoms with E-state index in [4.69, 9.17) is 9.57 Å². The lowest BCUT2D eigenvalue weighted by Gasteiger charge is -2.36. The minimum Gasteiger partial charge on any atom is -0.492 e. The van der Waals surface area contributed by atoms with Gasteiger partial charge in [0.05, 0.1) is 42.5 Å². The van der Waals surface area contributed by atoms with Gasteiger partial charge in [-0.15, -0.1) is 5.10 Å². The van der Waals surface area contributed by atoms with Gasteiger partial charge in [-0.1, -0.05) is 22.0 Å². The highest BCUT2D eigenvalue weighted by Gasteiger charge is 2.43. The van der Waals surface area contributed by atoms with E-state index in [1.54, 1.807) is 15.7 Å². The quantitative estimate of drug-likeness (QED) is 0.255. The smallest absolute Gasteiger partial charge is 0.341 e. The molecule has 2 saturated heterocycles. The molecule has 0 bridgehead atoms. The van der Waals surface area contributed by atoms with Crippen molar-refractivity contribution >= 4 is 45.8 Å². The fraction of sp³-hybridized carbons (Fsp3) is 0.417. The molecular weight excluding hydrogens is 675 g/mol. The van der Waals surface area contributed by atoms with Crippen LogP contribution in [-0.2, 0) is 27.5 Å². The number of aryl methyl sites for hydroxylation is 1. The number of likely N-dealkylation sites (tertiary alicyclic amines) is 1. The molecular formula is C36H37FN8O7. The van der Waals surface area contributed by atoms with Crippen LogP contribution in [0, 0.1) is 18.7 Å². The van der Waals surface area contributed by atoms with E-state index in [0.717, 1.165) is 37.3 Å². The largest absolute Gasteiger partial charge is 0.492 e. The molecule has 1 aliphatic carbocycles. The van der Waals surface area contributed by atoms with Crippen molar-refractivity contribution in [2.75, 3.05) is 43.7 Å². The van der Waals surface area contributed by atoms with E-state index in [1.807, 2.05) is 34.9 Å². The molecule has 0 radical (unpaired) electrons. The Balaban J connectivity index is 1.02. The SMILES string of the molecule is CO/N=C1\C(=O)N(Cc2cn(CC(=O)N3CCC[C@H]4CN(c5c(F)cc6c(=O)c(C(=O)O)cn(C7CC7)c6c5OC)C[C@H]43)nn2)c2ccc(C)cc21. The van der Waals surface area contributed by atoms with Crippen LogP contribution in [-0.4, -0.2) is 93.0 Å². The first-order valence-electron chi connectivity index (χ1n) is 17.2. The molecule has 0 spiro atoms. The highest BCUT2D eigenvalue weighted by atomic mass is 19.1. The van der Waals surface area contributed by atoms with Gasteiger partial charge in [0.2, 0.25) is 11.3 Å². The van der Waals surface area contributed by atoms with E-state index in [1.165, 1.54) is 25.1 Å². The fourth-order valence-electron chi connectivity index (χ4n) is 8.04. The number of carboxylic acids is 1. The number of aromatic carboxylic acids is 1. The molecule has 2 aromatic heterocycles. The monoisotopic (exact) mass is 712 g/mol. The lowest BCUT2D eigenvalue weighted by atomic mass is 9.92. The first-order valence-corrected chi connectivity index (χ1v) is 17.2. The van der Waals surface area contributed by atoms with Crippen molar-refractivity contribution in [2.45, 2.75) is 57.8 Å². The number of pyridine rings is 1. The second-order valence-corrected chi connectivity index (χ2v) is 13.9. The van der Waals surface area contributed by atoms with Crippen LogP contribution in [0.5, 0.6) is 5.75 Å². The van der Waals surface area contributed by atoms with Crippen LogP contribution in [0.25, 0.3) is 10.9 Å². The molecule has 4 aliphatic rings. The van der Waals surface area contributed by atoms with Gasteiger partial charge in [-0.25, -0.2) is 13.9 Å². The van der Waals surface area contributed by atoms with E-state index >= 15 is 4.39 Å². The number of nitrogens with zero attached hydrogens (tertiary/aromatic N) is 8. The third kappa shape index (κ3) is 5.52. The number of ether oxygens (including phenoxy) is 1. The third-order valence-electron chi connectivity index (χ3n) is 10.5. The molecule has 8 rings (SSSR count). The van der Waals surface area contributed by atoms with E-state index in [2.05, 4.69) is 15.5 Å². The van der Waals surface area contributed by atoms with Crippen molar-refractivity contribution in [1.29, 1.82) is 0 Å². The normalized spacial score (nSPS) is 20.5. The second-order valence-electron chi connectivity index (χ2n) is 13.9. The maximum atomic E-state index is 16.1. The number of halogens is 1. The van der Waals surface area contributed by atoms with Gasteiger partial charge in [0.15, 0.2) is 17.3 Å². The number of carboxylic acid groups (broad SMARTS) is 1. The summed E-state index contributed by atoms with van der Waals surface area (Å²) in [5, 5.41) is 22.0. The number of benzene rings is 2. The van der Waals surface area contributed by atoms with Gasteiger partial charge in [0.25, 0.3) is 5.91 Å². The summed E-state index contributed by atoms with van der Waals surface area (Å²) in [6.45, 7) is 3.34. The number of rotatable bonds is 9. The lowest BCUT2D eigenvalue weighted by molar-refractivity contribution is -0.136. The number of hydrogen-bond acceptors (Lipinski definition) is 10. The van der Waals surface area contributed by atoms with Crippen LogP contribution in [0.4, 0.5) is 15.8 Å². The lowest BCUT2D eigenvalue weighted by Crippen LogP contribution is -2.49. The average Bonchev–Trinajstić information content (AvgIpc) is 3.64. The van der Waals surface area contributed by atoms with Crippen LogP contribution in [0.2, 0.25) is 0 Å². The molecule has 3 aliphatic heterocycles. The maximum Gasteiger partial charge on any atom is 0.341 e. The predicted octanol–water partition coefficient (Wildman–Crippen LogP) is 3.11. The number of fused-ring (bicyclic) bond motifs is 3. The van der Waals surface area contributed by atoms with Gasteiger partial charge < -0.3 is 33.9 Å². The molecule has 2 aromatic carbocycles. The predicted molar refractivity (Wildman–Crippen MR) is 186 cm³/mol. The molecule has 270 valence electrons. The summed E-state index contributed by atoms with van der Waals surface area (Å²) in [5.41, 5.74) is 2.43. The number of carbonyl (C=O) groups is 3. The Labute approximate surface area is 296 Å². The van der Waals surface area contributed by atoms with Crippen molar-refractivity contribution in [3.05, 3.63) is 75.1 Å². The number of oxime groups is 1. The second kappa shape index (κ2) is 12.8. The molecule has 1 saturated carbocycles. The molecule has 2 amide bonds. The number of anilines is 2. The Bertz CT molecular complexity index is 2250. The number of hydrogen-bond donors (Lipinski definition) is 1. The summed E-state index contributed by atoms with van der Waals surface area (Å²) in [5.74, 6) is -2.29. The highest BCUT2D eigenvalue weighted by Crippen LogP contribution is 2.45. The van der Waals surface area contributed by atoms with Crippen LogP contribution in [0.15, 0.2) is 46.6 Å². The zero-order valence-corrected chi connectivity index (χ0v) is 28.9. The summed E-state index contributed by atoms with van der Waals surface area (Å²) in [6.07, 6.45) is 6.23. The zero-order chi connectivity index (χ0) is 36.4. The van der Waals surface area contributed by atoms with Gasteiger partial charge in [-0.2, -0.15) is 0 Å². The first kappa shape index (κ1) is 33.3. The number of carbonyl (C=O) groups excluding carboxylic acids is 2. The van der Waals surface area contributed by atoms with E-state index in [-0.39, 0.29) is 65.4 Å². The number of methoxy groups -OCH3 is 1. The summed E-state index contributed by atoms with van der Waals surface area (Å²) in [6, 6.07) is 6.54. The molecule has 1 N–H and O–H groups in total. The Morgan fingerprint density at radius 1 is 1.10 bits per heavy atom. The van der Waals surface area contributed by atoms with Gasteiger partial charge in [0, 0.05) is 37.4 Å². The zero-order valence-electron chi connectivity index (χ0n) is 28.9. The minimum atomic E-state index is -1.37. The van der Waals surface area contributed by atoms with Crippen molar-refractivity contribution in [2.24, 2.45) is 11.1 Å². The van der Waals surface area contributed by atoms with Crippen LogP contribution in [0.1, 0.15) is 58.9 Å². The van der Waals surface area contributed by atoms with Gasteiger partial charge in [0.1, 0.15) is 30.6 Å². The van der Waals surface area contributed by atoms with E-state index in [9.17, 15) is 24.3 Å². The van der Waals surface area contributed by atoms with Crippen molar-refractivity contribution < 1.29 is 33.5 Å². The Hall–Kier alpha value is -5.80. The molecule has 5 heterocycles. The standard InChI is InChI=1S/C36H37FN8O7/c1-19-6-9-27-23(11-19)30(39-52-3)35(48)45(27)15-21-14-42(40-38-21)18-29(46)43-10-4-5-20-13-41(17-28(20)43)32-26(37)12-24-31(34(32)51-2)44(22-7-8-22)16-25(33(24)47)36(49)50/h6,9,11-12,14,16,20,22,28H,4-5,7-8,10,13,15,17-18H2,1-3H3,(H,49,50)/b39-30-/t20-,28+/m0/s1. The van der Waals surface area contributed by atoms with Crippen molar-refractivity contribution in [1.82, 2.24) is 24.5 Å². The Kier molecular flexibility index (Phi) is 8.18. The van der Waals surface area contributed by atoms with E-state index < -0.39 is 22.8 Å². The summed E-state index contributed by atoms with van der Waals surface area (Å²) >= 11 is 0. The van der Waals surface area contributed by atoms with Gasteiger partial charge in [-0.3, -0.25) is 14.4 Å². The molecule has 0 unspecified atom stereocenters. The van der Waals surface area contributed by atoms with Gasteiger partial charge >= 0.3 is 5.97 Å². The molecule has 16 heteroatoms. The molecule has 15 nitrogen and oxygen atoms in total. The van der Waals surface area contributed by atoms with Gasteiger partial charge in [-0.05, 0) is 56.7 Å². The fourth-order valence-corrected chi connectivity index (χ4v) is 8.04. The number of amides is 2. The number of piperidine rings is 1. The molecule has 4 aromatic rings. The van der Waals surface area contributed by atoms with Crippen molar-refractivity contribution in [3.63, 3.8) is 0 Å². The minimum absolute atomic E-state index is 0.0159. The van der Waals surface area contributed by atoms with Crippen LogP contribution in [0.3, 0.4) is 0 Å². The number of aromatic nitrogens is 4. The third-order valence-corrected chi connectivity index (χ3v) is 10.5. The summed E-state index contributed by atoms with van der Waals surface area (Å²) in [4.78, 5) is 62.3. The first-order chi connectivity index (χ1) is 25.1. The average molecular weight is 713 g/mol. The molecule has 3 fully saturated rings. The summed E-state index contributed by atoms with van der Waals surface area (Å²) < 4.78 is 25.1. The van der Waals surface area contributed by atoms with Crippen molar-refractivity contribution in [3.8, 4) is 5.75 Å². The maximum absolute atomic E-state index is 16.1. The van der Waals surface area contributed by atoms with Crippen LogP contribution < -0.4 is 20.0 Å². The molecule has 52 heavy (non-hydrogen) atoms. The Morgan fingerprint density at radius 2 is 1.90 bits per heavy atom. The highest BCUT2D eigenvalue weighted by molar-refractivity contribution is 6.54.